The predicted octanol–water partition coefficient (Wildman–Crippen LogP) is 2.14. The molecule has 0 saturated carbocycles. The highest BCUT2D eigenvalue weighted by Crippen LogP contribution is 2.35. The summed E-state index contributed by atoms with van der Waals surface area (Å²) in [5.74, 6) is 0.561. The number of rotatable bonds is 4. The number of nitrogens with one attached hydrogen (secondary N) is 1. The van der Waals surface area contributed by atoms with E-state index < -0.39 is 0 Å². The van der Waals surface area contributed by atoms with Gasteiger partial charge in [-0.2, -0.15) is 4.68 Å². The molecule has 1 aromatic carbocycles. The summed E-state index contributed by atoms with van der Waals surface area (Å²) in [5, 5.41) is 15.0. The lowest BCUT2D eigenvalue weighted by molar-refractivity contribution is -0.127. The highest BCUT2D eigenvalue weighted by Gasteiger charge is 2.35. The van der Waals surface area contributed by atoms with Crippen LogP contribution in [-0.4, -0.2) is 44.1 Å². The third kappa shape index (κ3) is 2.66. The van der Waals surface area contributed by atoms with Gasteiger partial charge in [0, 0.05) is 18.8 Å². The normalized spacial score (nSPS) is 16.6. The Balaban J connectivity index is 2.13. The molecular formula is C17H22N6O. The number of carbonyl (C=O) groups excluding carboxylic acids is 1. The largest absolute Gasteiger partial charge is 0.339 e. The minimum absolute atomic E-state index is 0.0109. The molecule has 1 unspecified atom stereocenters. The topological polar surface area (TPSA) is 75.9 Å². The van der Waals surface area contributed by atoms with Crippen LogP contribution in [0.1, 0.15) is 37.9 Å². The average Bonchev–Trinajstić information content (AvgIpc) is 3.03. The molecule has 0 aliphatic carbocycles. The molecule has 1 N–H and O–H groups in total. The lowest BCUT2D eigenvalue weighted by Gasteiger charge is -2.31. The summed E-state index contributed by atoms with van der Waals surface area (Å²) >= 11 is 0. The van der Waals surface area contributed by atoms with Crippen LogP contribution in [-0.2, 0) is 4.79 Å². The Bertz CT molecular complexity index is 773. The number of aryl methyl sites for hydroxylation is 1. The van der Waals surface area contributed by atoms with Gasteiger partial charge in [0.2, 0.25) is 5.95 Å². The van der Waals surface area contributed by atoms with Gasteiger partial charge in [-0.1, -0.05) is 34.9 Å². The van der Waals surface area contributed by atoms with Gasteiger partial charge in [-0.25, -0.2) is 0 Å². The summed E-state index contributed by atoms with van der Waals surface area (Å²) in [6.07, 6.45) is 0. The Kier molecular flexibility index (Phi) is 4.33. The van der Waals surface area contributed by atoms with Crippen molar-refractivity contribution in [2.24, 2.45) is 0 Å². The van der Waals surface area contributed by atoms with Crippen molar-refractivity contribution in [1.82, 2.24) is 25.1 Å². The van der Waals surface area contributed by atoms with Gasteiger partial charge in [-0.3, -0.25) is 4.79 Å². The number of hydrogen-bond acceptors (Lipinski definition) is 5. The van der Waals surface area contributed by atoms with Gasteiger partial charge in [0.15, 0.2) is 0 Å². The van der Waals surface area contributed by atoms with E-state index in [1.165, 1.54) is 5.56 Å². The quantitative estimate of drug-likeness (QED) is 0.931. The molecule has 1 aliphatic rings. The number of benzene rings is 1. The van der Waals surface area contributed by atoms with Crippen molar-refractivity contribution in [3.8, 4) is 0 Å². The Morgan fingerprint density at radius 1 is 1.21 bits per heavy atom. The fourth-order valence-electron chi connectivity index (χ4n) is 3.03. The SMILES string of the molecule is CCN(CC)C(=O)C1=C(C)Nc2nnnn2C1c1ccc(C)cc1. The molecule has 7 nitrogen and oxygen atoms in total. The molecule has 24 heavy (non-hydrogen) atoms. The number of fused-ring (bicyclic) bond motifs is 1. The summed E-state index contributed by atoms with van der Waals surface area (Å²) in [7, 11) is 0. The maximum absolute atomic E-state index is 13.1. The summed E-state index contributed by atoms with van der Waals surface area (Å²) in [6, 6.07) is 7.80. The lowest BCUT2D eigenvalue weighted by Crippen LogP contribution is -2.38. The van der Waals surface area contributed by atoms with Crippen molar-refractivity contribution in [3.05, 3.63) is 46.7 Å². The van der Waals surface area contributed by atoms with E-state index in [1.807, 2.05) is 56.9 Å². The van der Waals surface area contributed by atoms with Crippen molar-refractivity contribution in [2.75, 3.05) is 18.4 Å². The second-order valence-corrected chi connectivity index (χ2v) is 5.90. The van der Waals surface area contributed by atoms with Crippen molar-refractivity contribution in [2.45, 2.75) is 33.7 Å². The van der Waals surface area contributed by atoms with Gasteiger partial charge in [-0.05, 0) is 43.7 Å². The number of anilines is 1. The van der Waals surface area contributed by atoms with Crippen LogP contribution >= 0.6 is 0 Å². The highest BCUT2D eigenvalue weighted by molar-refractivity contribution is 5.96. The van der Waals surface area contributed by atoms with Crippen LogP contribution in [0.2, 0.25) is 0 Å². The number of nitrogens with zero attached hydrogens (tertiary/aromatic N) is 5. The molecule has 7 heteroatoms. The average molecular weight is 326 g/mol. The zero-order valence-corrected chi connectivity index (χ0v) is 14.4. The number of amides is 1. The molecule has 1 aromatic heterocycles. The second-order valence-electron chi connectivity index (χ2n) is 5.90. The molecule has 1 atom stereocenters. The minimum Gasteiger partial charge on any atom is -0.339 e. The summed E-state index contributed by atoms with van der Waals surface area (Å²) in [5.41, 5.74) is 3.63. The highest BCUT2D eigenvalue weighted by atomic mass is 16.2. The third-order valence-corrected chi connectivity index (χ3v) is 4.39. The molecule has 0 radical (unpaired) electrons. The van der Waals surface area contributed by atoms with Crippen LogP contribution in [0.3, 0.4) is 0 Å². The summed E-state index contributed by atoms with van der Waals surface area (Å²) < 4.78 is 1.68. The summed E-state index contributed by atoms with van der Waals surface area (Å²) in [4.78, 5) is 14.9. The number of aromatic nitrogens is 4. The molecule has 2 heterocycles. The van der Waals surface area contributed by atoms with Crippen molar-refractivity contribution in [1.29, 1.82) is 0 Å². The van der Waals surface area contributed by atoms with Crippen LogP contribution in [0.5, 0.6) is 0 Å². The zero-order valence-electron chi connectivity index (χ0n) is 14.4. The van der Waals surface area contributed by atoms with Gasteiger partial charge in [0.1, 0.15) is 6.04 Å². The van der Waals surface area contributed by atoms with Crippen LogP contribution in [0.25, 0.3) is 0 Å². The van der Waals surface area contributed by atoms with Crippen molar-refractivity contribution < 1.29 is 4.79 Å². The van der Waals surface area contributed by atoms with Crippen molar-refractivity contribution >= 4 is 11.9 Å². The second kappa shape index (κ2) is 6.43. The van der Waals surface area contributed by atoms with E-state index in [0.29, 0.717) is 24.6 Å². The maximum Gasteiger partial charge on any atom is 0.254 e. The molecule has 0 saturated heterocycles. The first kappa shape index (κ1) is 16.2. The van der Waals surface area contributed by atoms with E-state index in [9.17, 15) is 4.79 Å². The predicted molar refractivity (Wildman–Crippen MR) is 91.4 cm³/mol. The number of allylic oxidation sites excluding steroid dienone is 1. The van der Waals surface area contributed by atoms with Gasteiger partial charge in [0.05, 0.1) is 5.57 Å². The van der Waals surface area contributed by atoms with E-state index in [0.717, 1.165) is 11.3 Å². The van der Waals surface area contributed by atoms with Gasteiger partial charge in [0.25, 0.3) is 5.91 Å². The van der Waals surface area contributed by atoms with E-state index in [4.69, 9.17) is 0 Å². The molecule has 0 fully saturated rings. The van der Waals surface area contributed by atoms with Crippen LogP contribution in [0, 0.1) is 6.92 Å². The Morgan fingerprint density at radius 2 is 1.88 bits per heavy atom. The first-order valence-corrected chi connectivity index (χ1v) is 8.18. The minimum atomic E-state index is -0.329. The fourth-order valence-corrected chi connectivity index (χ4v) is 3.03. The van der Waals surface area contributed by atoms with Crippen LogP contribution in [0.4, 0.5) is 5.95 Å². The summed E-state index contributed by atoms with van der Waals surface area (Å²) in [6.45, 7) is 9.23. The smallest absolute Gasteiger partial charge is 0.254 e. The molecular weight excluding hydrogens is 304 g/mol. The van der Waals surface area contributed by atoms with E-state index in [-0.39, 0.29) is 11.9 Å². The number of carbonyl (C=O) groups is 1. The standard InChI is InChI=1S/C17H22N6O/c1-5-22(6-2)16(24)14-12(4)18-17-19-20-21-23(17)15(14)13-9-7-11(3)8-10-13/h7-10,15H,5-6H2,1-4H3,(H,18,19,21). The molecule has 1 amide bonds. The Morgan fingerprint density at radius 3 is 2.50 bits per heavy atom. The molecule has 3 rings (SSSR count). The molecule has 1 aliphatic heterocycles. The van der Waals surface area contributed by atoms with Crippen LogP contribution in [0.15, 0.2) is 35.5 Å². The molecule has 0 bridgehead atoms. The Hall–Kier alpha value is -2.70. The van der Waals surface area contributed by atoms with E-state index in [2.05, 4.69) is 20.8 Å². The number of tetrazole rings is 1. The number of hydrogen-bond donors (Lipinski definition) is 1. The zero-order chi connectivity index (χ0) is 17.3. The first-order chi connectivity index (χ1) is 11.6. The Labute approximate surface area is 141 Å². The van der Waals surface area contributed by atoms with Crippen LogP contribution < -0.4 is 5.32 Å². The fraction of sp³-hybridized carbons (Fsp3) is 0.412. The first-order valence-electron chi connectivity index (χ1n) is 8.18. The molecule has 0 spiro atoms. The monoisotopic (exact) mass is 326 g/mol. The maximum atomic E-state index is 13.1. The van der Waals surface area contributed by atoms with Gasteiger partial charge >= 0.3 is 0 Å². The molecule has 2 aromatic rings. The van der Waals surface area contributed by atoms with E-state index >= 15 is 0 Å². The lowest BCUT2D eigenvalue weighted by atomic mass is 9.94. The van der Waals surface area contributed by atoms with Gasteiger partial charge in [-0.15, -0.1) is 0 Å². The number of likely N-dealkylation sites (N-methyl/N-ethyl adjacent to an activating group) is 1. The van der Waals surface area contributed by atoms with Gasteiger partial charge < -0.3 is 10.2 Å². The van der Waals surface area contributed by atoms with E-state index in [1.54, 1.807) is 4.68 Å². The third-order valence-electron chi connectivity index (χ3n) is 4.39. The molecule has 126 valence electrons. The van der Waals surface area contributed by atoms with Crippen molar-refractivity contribution in [3.63, 3.8) is 0 Å².